The van der Waals surface area contributed by atoms with E-state index >= 15 is 0 Å². The van der Waals surface area contributed by atoms with Crippen LogP contribution in [0.25, 0.3) is 11.4 Å². The third-order valence-electron chi connectivity index (χ3n) is 4.79. The predicted octanol–water partition coefficient (Wildman–Crippen LogP) is 4.27. The molecule has 0 unspecified atom stereocenters. The average molecular weight is 414 g/mol. The number of carbonyl (C=O) groups excluding carboxylic acids is 1. The number of hydrogen-bond donors (Lipinski definition) is 0. The molecule has 0 saturated heterocycles. The van der Waals surface area contributed by atoms with Crippen LogP contribution in [-0.2, 0) is 12.1 Å². The molecule has 0 atom stereocenters. The number of halogens is 3. The molecule has 2 heterocycles. The van der Waals surface area contributed by atoms with Gasteiger partial charge < -0.3 is 9.30 Å². The molecule has 2 aromatic carbocycles. The van der Waals surface area contributed by atoms with Crippen molar-refractivity contribution in [3.05, 3.63) is 64.7 Å². The van der Waals surface area contributed by atoms with Crippen molar-refractivity contribution < 1.29 is 22.7 Å². The lowest BCUT2D eigenvalue weighted by atomic mass is 10.0. The highest BCUT2D eigenvalue weighted by Gasteiger charge is 2.33. The zero-order chi connectivity index (χ0) is 21.6. The number of benzene rings is 2. The summed E-state index contributed by atoms with van der Waals surface area (Å²) in [6.45, 7) is 5.44. The van der Waals surface area contributed by atoms with Crippen molar-refractivity contribution in [1.29, 1.82) is 0 Å². The van der Waals surface area contributed by atoms with Gasteiger partial charge in [0.2, 0.25) is 0 Å². The van der Waals surface area contributed by atoms with Gasteiger partial charge in [-0.15, -0.1) is 10.2 Å². The van der Waals surface area contributed by atoms with E-state index in [2.05, 4.69) is 15.2 Å². The molecule has 154 valence electrons. The Hall–Kier alpha value is -3.49. The van der Waals surface area contributed by atoms with Crippen molar-refractivity contribution in [3.63, 3.8) is 0 Å². The van der Waals surface area contributed by atoms with Crippen molar-refractivity contribution in [2.24, 2.45) is 4.99 Å². The normalized spacial score (nSPS) is 13.1. The van der Waals surface area contributed by atoms with Gasteiger partial charge in [0.15, 0.2) is 34.6 Å². The molecule has 0 fully saturated rings. The standard InChI is InChI=1S/C21H17F3N4O2/c1-4-28-18(11-5-6-12-10-25-19(29)14(12)7-11)26-27-20(28)21(2,3)30-17-15(23)8-13(22)9-16(17)24/h5-10H,4H2,1-3H3. The van der Waals surface area contributed by atoms with Gasteiger partial charge in [0, 0.05) is 36.0 Å². The summed E-state index contributed by atoms with van der Waals surface area (Å²) >= 11 is 0. The lowest BCUT2D eigenvalue weighted by molar-refractivity contribution is 0.0824. The smallest absolute Gasteiger partial charge is 0.277 e. The summed E-state index contributed by atoms with van der Waals surface area (Å²) in [5, 5.41) is 8.38. The molecule has 30 heavy (non-hydrogen) atoms. The maximum Gasteiger partial charge on any atom is 0.277 e. The van der Waals surface area contributed by atoms with E-state index < -0.39 is 28.8 Å². The molecule has 4 rings (SSSR count). The quantitative estimate of drug-likeness (QED) is 0.625. The first kappa shape index (κ1) is 19.8. The van der Waals surface area contributed by atoms with Crippen LogP contribution in [0.1, 0.15) is 42.5 Å². The van der Waals surface area contributed by atoms with Crippen LogP contribution in [0.4, 0.5) is 13.2 Å². The minimum absolute atomic E-state index is 0.311. The largest absolute Gasteiger partial charge is 0.474 e. The van der Waals surface area contributed by atoms with Crippen LogP contribution < -0.4 is 4.74 Å². The summed E-state index contributed by atoms with van der Waals surface area (Å²) in [7, 11) is 0. The van der Waals surface area contributed by atoms with Gasteiger partial charge in [0.05, 0.1) is 5.56 Å². The minimum atomic E-state index is -1.30. The third kappa shape index (κ3) is 3.26. The van der Waals surface area contributed by atoms with E-state index in [9.17, 15) is 18.0 Å². The maximum atomic E-state index is 14.1. The Kier molecular flexibility index (Phi) is 4.68. The van der Waals surface area contributed by atoms with E-state index in [0.717, 1.165) is 5.56 Å². The van der Waals surface area contributed by atoms with Crippen LogP contribution in [0.5, 0.6) is 5.75 Å². The number of aromatic nitrogens is 3. The number of fused-ring (bicyclic) bond motifs is 1. The average Bonchev–Trinajstić information content (AvgIpc) is 3.28. The molecule has 3 aromatic rings. The summed E-state index contributed by atoms with van der Waals surface area (Å²) in [5.74, 6) is -3.60. The Morgan fingerprint density at radius 3 is 2.43 bits per heavy atom. The highest BCUT2D eigenvalue weighted by atomic mass is 19.1. The number of ether oxygens (including phenoxy) is 1. The summed E-state index contributed by atoms with van der Waals surface area (Å²) in [6, 6.07) is 6.33. The van der Waals surface area contributed by atoms with Crippen molar-refractivity contribution >= 4 is 12.1 Å². The van der Waals surface area contributed by atoms with Crippen LogP contribution in [-0.4, -0.2) is 26.9 Å². The van der Waals surface area contributed by atoms with Crippen LogP contribution in [0.15, 0.2) is 35.3 Å². The monoisotopic (exact) mass is 414 g/mol. The van der Waals surface area contributed by atoms with Crippen molar-refractivity contribution in [1.82, 2.24) is 14.8 Å². The third-order valence-corrected chi connectivity index (χ3v) is 4.79. The minimum Gasteiger partial charge on any atom is -0.474 e. The van der Waals surface area contributed by atoms with Gasteiger partial charge in [0.1, 0.15) is 5.82 Å². The van der Waals surface area contributed by atoms with Crippen molar-refractivity contribution in [3.8, 4) is 17.1 Å². The molecule has 6 nitrogen and oxygen atoms in total. The predicted molar refractivity (Wildman–Crippen MR) is 103 cm³/mol. The topological polar surface area (TPSA) is 69.4 Å². The Bertz CT molecular complexity index is 1180. The van der Waals surface area contributed by atoms with Crippen LogP contribution in [0.3, 0.4) is 0 Å². The van der Waals surface area contributed by atoms with Crippen LogP contribution in [0, 0.1) is 17.5 Å². The van der Waals surface area contributed by atoms with E-state index in [4.69, 9.17) is 4.74 Å². The molecule has 1 aliphatic heterocycles. The molecule has 9 heteroatoms. The molecule has 1 amide bonds. The molecular formula is C21H17F3N4O2. The van der Waals surface area contributed by atoms with E-state index in [1.807, 2.05) is 6.92 Å². The molecule has 0 saturated carbocycles. The van der Waals surface area contributed by atoms with E-state index in [0.29, 0.717) is 41.5 Å². The highest BCUT2D eigenvalue weighted by Crippen LogP contribution is 2.33. The Morgan fingerprint density at radius 1 is 1.07 bits per heavy atom. The molecule has 0 radical (unpaired) electrons. The first-order chi connectivity index (χ1) is 14.2. The SMILES string of the molecule is CCn1c(-c2ccc3c(c2)C(=O)N=C3)nnc1C(C)(C)Oc1c(F)cc(F)cc1F. The molecule has 1 aromatic heterocycles. The Labute approximate surface area is 170 Å². The Balaban J connectivity index is 1.74. The van der Waals surface area contributed by atoms with E-state index in [-0.39, 0.29) is 5.91 Å². The van der Waals surface area contributed by atoms with Gasteiger partial charge >= 0.3 is 0 Å². The second kappa shape index (κ2) is 7.08. The second-order valence-corrected chi connectivity index (χ2v) is 7.27. The van der Waals surface area contributed by atoms with Gasteiger partial charge in [-0.05, 0) is 26.8 Å². The lowest BCUT2D eigenvalue weighted by Crippen LogP contribution is -2.30. The summed E-state index contributed by atoms with van der Waals surface area (Å²) in [5.41, 5.74) is 0.530. The van der Waals surface area contributed by atoms with Gasteiger partial charge in [-0.2, -0.15) is 0 Å². The number of hydrogen-bond acceptors (Lipinski definition) is 4. The maximum absolute atomic E-state index is 14.1. The van der Waals surface area contributed by atoms with Crippen LogP contribution in [0.2, 0.25) is 0 Å². The number of carbonyl (C=O) groups is 1. The van der Waals surface area contributed by atoms with Crippen molar-refractivity contribution in [2.45, 2.75) is 32.9 Å². The Morgan fingerprint density at radius 2 is 1.77 bits per heavy atom. The van der Waals surface area contributed by atoms with E-state index in [1.54, 1.807) is 36.6 Å². The molecular weight excluding hydrogens is 397 g/mol. The zero-order valence-corrected chi connectivity index (χ0v) is 16.4. The van der Waals surface area contributed by atoms with Gasteiger partial charge in [-0.3, -0.25) is 4.79 Å². The van der Waals surface area contributed by atoms with Gasteiger partial charge in [-0.1, -0.05) is 12.1 Å². The van der Waals surface area contributed by atoms with Gasteiger partial charge in [-0.25, -0.2) is 18.2 Å². The van der Waals surface area contributed by atoms with Gasteiger partial charge in [0.25, 0.3) is 5.91 Å². The molecule has 0 N–H and O–H groups in total. The fourth-order valence-electron chi connectivity index (χ4n) is 3.38. The molecule has 1 aliphatic rings. The highest BCUT2D eigenvalue weighted by molar-refractivity contribution is 6.13. The second-order valence-electron chi connectivity index (χ2n) is 7.27. The first-order valence-corrected chi connectivity index (χ1v) is 9.21. The fraction of sp³-hybridized carbons (Fsp3) is 0.238. The molecule has 0 spiro atoms. The summed E-state index contributed by atoms with van der Waals surface area (Å²) in [4.78, 5) is 15.7. The zero-order valence-electron chi connectivity index (χ0n) is 16.4. The number of rotatable bonds is 5. The fourth-order valence-corrected chi connectivity index (χ4v) is 3.38. The summed E-state index contributed by atoms with van der Waals surface area (Å²) < 4.78 is 48.7. The lowest BCUT2D eigenvalue weighted by Gasteiger charge is -2.26. The number of aliphatic imine (C=N–C) groups is 1. The van der Waals surface area contributed by atoms with Crippen LogP contribution >= 0.6 is 0 Å². The summed E-state index contributed by atoms with van der Waals surface area (Å²) in [6.07, 6.45) is 1.50. The molecule has 0 aliphatic carbocycles. The molecule has 0 bridgehead atoms. The van der Waals surface area contributed by atoms with Crippen molar-refractivity contribution in [2.75, 3.05) is 0 Å². The number of amides is 1. The van der Waals surface area contributed by atoms with E-state index in [1.165, 1.54) is 6.21 Å². The number of nitrogens with zero attached hydrogens (tertiary/aromatic N) is 4. The first-order valence-electron chi connectivity index (χ1n) is 9.21.